The maximum absolute atomic E-state index is 5.56. The quantitative estimate of drug-likeness (QED) is 0.901. The number of thioether (sulfide) groups is 1. The van der Waals surface area contributed by atoms with Crippen LogP contribution in [-0.4, -0.2) is 47.2 Å². The monoisotopic (exact) mass is 296 g/mol. The second kappa shape index (κ2) is 7.02. The van der Waals surface area contributed by atoms with Crippen molar-refractivity contribution < 1.29 is 4.74 Å². The fourth-order valence-corrected chi connectivity index (χ4v) is 3.82. The molecule has 112 valence electrons. The van der Waals surface area contributed by atoms with Crippen LogP contribution in [0.25, 0.3) is 0 Å². The number of hydrogen-bond acceptors (Lipinski definition) is 6. The lowest BCUT2D eigenvalue weighted by Gasteiger charge is -2.36. The van der Waals surface area contributed by atoms with Gasteiger partial charge in [-0.1, -0.05) is 20.8 Å². The van der Waals surface area contributed by atoms with Crippen molar-refractivity contribution in [2.24, 2.45) is 0 Å². The van der Waals surface area contributed by atoms with Crippen molar-refractivity contribution in [3.8, 4) is 5.75 Å². The molecule has 0 aromatic carbocycles. The van der Waals surface area contributed by atoms with Crippen LogP contribution in [0.15, 0.2) is 6.33 Å². The van der Waals surface area contributed by atoms with Gasteiger partial charge in [0.05, 0.1) is 7.11 Å². The van der Waals surface area contributed by atoms with Crippen LogP contribution in [0.2, 0.25) is 0 Å². The fourth-order valence-electron chi connectivity index (χ4n) is 2.50. The summed E-state index contributed by atoms with van der Waals surface area (Å²) in [5, 5.41) is 4.51. The molecule has 2 heterocycles. The van der Waals surface area contributed by atoms with E-state index < -0.39 is 0 Å². The van der Waals surface area contributed by atoms with E-state index in [0.717, 1.165) is 43.4 Å². The normalized spacial score (nSPS) is 22.7. The zero-order valence-electron chi connectivity index (χ0n) is 12.7. The average Bonchev–Trinajstić information content (AvgIpc) is 2.43. The van der Waals surface area contributed by atoms with E-state index in [1.165, 1.54) is 0 Å². The first-order chi connectivity index (χ1) is 9.65. The van der Waals surface area contributed by atoms with Gasteiger partial charge in [0, 0.05) is 30.1 Å². The Balaban J connectivity index is 2.25. The van der Waals surface area contributed by atoms with Crippen molar-refractivity contribution in [3.05, 3.63) is 6.33 Å². The van der Waals surface area contributed by atoms with Gasteiger partial charge >= 0.3 is 0 Å². The van der Waals surface area contributed by atoms with Crippen LogP contribution in [0.5, 0.6) is 5.75 Å². The van der Waals surface area contributed by atoms with Crippen molar-refractivity contribution in [3.63, 3.8) is 0 Å². The molecule has 2 unspecified atom stereocenters. The number of ether oxygens (including phenoxy) is 1. The second-order valence-corrected chi connectivity index (χ2v) is 7.05. The number of nitrogens with one attached hydrogen (secondary N) is 1. The van der Waals surface area contributed by atoms with E-state index in [0.29, 0.717) is 10.5 Å². The molecule has 2 atom stereocenters. The van der Waals surface area contributed by atoms with Crippen LogP contribution < -0.4 is 15.0 Å². The smallest absolute Gasteiger partial charge is 0.204 e. The van der Waals surface area contributed by atoms with E-state index in [1.807, 2.05) is 11.8 Å². The molecule has 1 aliphatic rings. The highest BCUT2D eigenvalue weighted by Gasteiger charge is 2.26. The van der Waals surface area contributed by atoms with Crippen LogP contribution in [0.4, 0.5) is 11.6 Å². The molecule has 0 bridgehead atoms. The Morgan fingerprint density at radius 3 is 2.65 bits per heavy atom. The molecule has 1 saturated heterocycles. The lowest BCUT2D eigenvalue weighted by molar-refractivity contribution is 0.411. The highest BCUT2D eigenvalue weighted by Crippen LogP contribution is 2.35. The third-order valence-electron chi connectivity index (χ3n) is 3.25. The van der Waals surface area contributed by atoms with Gasteiger partial charge in [0.2, 0.25) is 5.75 Å². The Kier molecular flexibility index (Phi) is 5.34. The molecular weight excluding hydrogens is 272 g/mol. The molecule has 5 nitrogen and oxygen atoms in total. The number of methoxy groups -OCH3 is 1. The molecule has 0 spiro atoms. The van der Waals surface area contributed by atoms with E-state index in [4.69, 9.17) is 4.74 Å². The molecule has 6 heteroatoms. The standard InChI is InChI=1S/C14H24N4OS/c1-5-6-15-13-12(19-4)14(17-9-16-13)18-7-10(2)20-11(3)8-18/h9-11H,5-8H2,1-4H3,(H,15,16,17). The largest absolute Gasteiger partial charge is 0.490 e. The van der Waals surface area contributed by atoms with E-state index in [9.17, 15) is 0 Å². The van der Waals surface area contributed by atoms with Crippen molar-refractivity contribution in [2.75, 3.05) is 37.0 Å². The van der Waals surface area contributed by atoms with Gasteiger partial charge in [-0.3, -0.25) is 0 Å². The van der Waals surface area contributed by atoms with Gasteiger partial charge in [0.15, 0.2) is 11.6 Å². The molecule has 1 aromatic rings. The highest BCUT2D eigenvalue weighted by atomic mass is 32.2. The van der Waals surface area contributed by atoms with E-state index in [-0.39, 0.29) is 0 Å². The zero-order chi connectivity index (χ0) is 14.5. The van der Waals surface area contributed by atoms with Crippen molar-refractivity contribution in [1.82, 2.24) is 9.97 Å². The molecule has 0 aliphatic carbocycles. The van der Waals surface area contributed by atoms with Gasteiger partial charge in [0.1, 0.15) is 6.33 Å². The van der Waals surface area contributed by atoms with Gasteiger partial charge in [-0.2, -0.15) is 11.8 Å². The molecule has 1 aromatic heterocycles. The maximum Gasteiger partial charge on any atom is 0.204 e. The molecule has 1 fully saturated rings. The summed E-state index contributed by atoms with van der Waals surface area (Å²) in [6.07, 6.45) is 2.67. The van der Waals surface area contributed by atoms with E-state index >= 15 is 0 Å². The molecule has 0 radical (unpaired) electrons. The minimum absolute atomic E-state index is 0.602. The molecule has 2 rings (SSSR count). The lowest BCUT2D eigenvalue weighted by Crippen LogP contribution is -2.41. The Hall–Kier alpha value is -1.17. The molecule has 0 amide bonds. The third kappa shape index (κ3) is 3.48. The number of hydrogen-bond donors (Lipinski definition) is 1. The summed E-state index contributed by atoms with van der Waals surface area (Å²) < 4.78 is 5.56. The van der Waals surface area contributed by atoms with Crippen LogP contribution in [-0.2, 0) is 0 Å². The van der Waals surface area contributed by atoms with Gasteiger partial charge in [0.25, 0.3) is 0 Å². The van der Waals surface area contributed by atoms with Crippen molar-refractivity contribution in [1.29, 1.82) is 0 Å². The number of aromatic nitrogens is 2. The zero-order valence-corrected chi connectivity index (χ0v) is 13.5. The number of anilines is 2. The number of rotatable bonds is 5. The first-order valence-corrected chi connectivity index (χ1v) is 8.13. The number of nitrogens with zero attached hydrogens (tertiary/aromatic N) is 3. The minimum atomic E-state index is 0.602. The predicted octanol–water partition coefficient (Wildman–Crippen LogP) is 2.64. The van der Waals surface area contributed by atoms with Crippen LogP contribution in [0.1, 0.15) is 27.2 Å². The minimum Gasteiger partial charge on any atom is -0.490 e. The predicted molar refractivity (Wildman–Crippen MR) is 86.1 cm³/mol. The van der Waals surface area contributed by atoms with E-state index in [2.05, 4.69) is 41.0 Å². The van der Waals surface area contributed by atoms with Gasteiger partial charge in [-0.25, -0.2) is 9.97 Å². The molecule has 0 saturated carbocycles. The summed E-state index contributed by atoms with van der Waals surface area (Å²) in [5.41, 5.74) is 0. The van der Waals surface area contributed by atoms with Gasteiger partial charge in [-0.05, 0) is 6.42 Å². The first-order valence-electron chi connectivity index (χ1n) is 7.19. The summed E-state index contributed by atoms with van der Waals surface area (Å²) in [7, 11) is 1.69. The first kappa shape index (κ1) is 15.2. The highest BCUT2D eigenvalue weighted by molar-refractivity contribution is 8.00. The Bertz CT molecular complexity index is 433. The summed E-state index contributed by atoms with van der Waals surface area (Å²) in [6, 6.07) is 0. The topological polar surface area (TPSA) is 50.3 Å². The Morgan fingerprint density at radius 1 is 1.35 bits per heavy atom. The summed E-state index contributed by atoms with van der Waals surface area (Å²) in [4.78, 5) is 11.1. The third-order valence-corrected chi connectivity index (χ3v) is 4.48. The van der Waals surface area contributed by atoms with Crippen LogP contribution in [0.3, 0.4) is 0 Å². The van der Waals surface area contributed by atoms with Gasteiger partial charge < -0.3 is 15.0 Å². The molecule has 1 N–H and O–H groups in total. The maximum atomic E-state index is 5.56. The van der Waals surface area contributed by atoms with Crippen LogP contribution >= 0.6 is 11.8 Å². The fraction of sp³-hybridized carbons (Fsp3) is 0.714. The summed E-state index contributed by atoms with van der Waals surface area (Å²) in [6.45, 7) is 9.53. The van der Waals surface area contributed by atoms with Crippen molar-refractivity contribution >= 4 is 23.4 Å². The Morgan fingerprint density at radius 2 is 2.05 bits per heavy atom. The van der Waals surface area contributed by atoms with Crippen molar-refractivity contribution in [2.45, 2.75) is 37.7 Å². The summed E-state index contributed by atoms with van der Waals surface area (Å²) in [5.74, 6) is 2.45. The van der Waals surface area contributed by atoms with E-state index in [1.54, 1.807) is 13.4 Å². The summed E-state index contributed by atoms with van der Waals surface area (Å²) >= 11 is 2.03. The Labute approximate surface area is 125 Å². The molecule has 20 heavy (non-hydrogen) atoms. The SMILES string of the molecule is CCCNc1ncnc(N2CC(C)SC(C)C2)c1OC. The van der Waals surface area contributed by atoms with Gasteiger partial charge in [-0.15, -0.1) is 0 Å². The van der Waals surface area contributed by atoms with Crippen LogP contribution in [0, 0.1) is 0 Å². The molecular formula is C14H24N4OS. The average molecular weight is 296 g/mol. The lowest BCUT2D eigenvalue weighted by atomic mass is 10.3. The second-order valence-electron chi connectivity index (χ2n) is 5.17. The molecule has 1 aliphatic heterocycles.